The zero-order valence-electron chi connectivity index (χ0n) is 19.6. The molecule has 0 aliphatic carbocycles. The smallest absolute Gasteiger partial charge is 0.339 e. The Hall–Kier alpha value is -2.76. The van der Waals surface area contributed by atoms with Crippen LogP contribution in [0.15, 0.2) is 54.6 Å². The van der Waals surface area contributed by atoms with E-state index in [2.05, 4.69) is 17.1 Å². The molecule has 0 radical (unpaired) electrons. The molecule has 2 aliphatic heterocycles. The molecule has 0 saturated carbocycles. The van der Waals surface area contributed by atoms with Crippen molar-refractivity contribution in [3.8, 4) is 11.3 Å². The first-order chi connectivity index (χ1) is 16.2. The molecule has 0 atom stereocenters. The van der Waals surface area contributed by atoms with Crippen LogP contribution < -0.4 is 0 Å². The number of carbonyl (C=O) groups excluding carboxylic acids is 1. The standard InChI is InChI=1S/C28H34N3O2/c1-33-28(32)26-23-15-7-8-16-25(23)29-27(22-13-5-2-6-14-22)24(26)21-31(19-11-4-12-20-31)30-17-9-3-10-18-30/h2,5-8,13-16H,3-4,9-12,17-21H2,1H3/q+1. The van der Waals surface area contributed by atoms with Crippen molar-refractivity contribution in [3.05, 3.63) is 65.7 Å². The number of ether oxygens (including phenoxy) is 1. The molecule has 2 aromatic carbocycles. The lowest BCUT2D eigenvalue weighted by atomic mass is 9.95. The van der Waals surface area contributed by atoms with Crippen LogP contribution in [0.3, 0.4) is 0 Å². The number of para-hydroxylation sites is 1. The second-order valence-electron chi connectivity index (χ2n) is 9.46. The van der Waals surface area contributed by atoms with Gasteiger partial charge in [0.2, 0.25) is 0 Å². The Labute approximate surface area is 196 Å². The highest BCUT2D eigenvalue weighted by Gasteiger charge is 2.40. The quantitative estimate of drug-likeness (QED) is 0.380. The number of likely N-dealkylation sites (tertiary alicyclic amines) is 1. The second-order valence-corrected chi connectivity index (χ2v) is 9.46. The number of hydrogen-bond donors (Lipinski definition) is 0. The van der Waals surface area contributed by atoms with Crippen LogP contribution in [0.2, 0.25) is 0 Å². The van der Waals surface area contributed by atoms with E-state index in [1.54, 1.807) is 0 Å². The molecular formula is C28H34N3O2+. The maximum atomic E-state index is 13.3. The largest absolute Gasteiger partial charge is 0.465 e. The number of aromatic nitrogens is 1. The molecule has 5 rings (SSSR count). The minimum absolute atomic E-state index is 0.269. The zero-order valence-corrected chi connectivity index (χ0v) is 19.6. The lowest BCUT2D eigenvalue weighted by molar-refractivity contribution is -1.05. The van der Waals surface area contributed by atoms with Crippen LogP contribution in [0.5, 0.6) is 0 Å². The number of pyridine rings is 1. The van der Waals surface area contributed by atoms with Crippen molar-refractivity contribution in [2.75, 3.05) is 33.3 Å². The molecule has 2 fully saturated rings. The summed E-state index contributed by atoms with van der Waals surface area (Å²) in [5, 5.41) is 3.57. The van der Waals surface area contributed by atoms with Crippen molar-refractivity contribution in [1.82, 2.24) is 9.99 Å². The molecule has 172 valence electrons. The number of quaternary nitrogens is 1. The number of esters is 1. The average Bonchev–Trinajstić information content (AvgIpc) is 2.89. The number of nitrogens with zero attached hydrogens (tertiary/aromatic N) is 3. The first-order valence-electron chi connectivity index (χ1n) is 12.4. The van der Waals surface area contributed by atoms with Crippen molar-refractivity contribution in [2.24, 2.45) is 0 Å². The second kappa shape index (κ2) is 9.62. The van der Waals surface area contributed by atoms with Gasteiger partial charge < -0.3 is 4.74 Å². The minimum Gasteiger partial charge on any atom is -0.465 e. The van der Waals surface area contributed by atoms with Crippen LogP contribution >= 0.6 is 0 Å². The van der Waals surface area contributed by atoms with Crippen molar-refractivity contribution in [2.45, 2.75) is 45.1 Å². The van der Waals surface area contributed by atoms with Gasteiger partial charge in [-0.25, -0.2) is 14.4 Å². The molecule has 33 heavy (non-hydrogen) atoms. The molecule has 3 aromatic rings. The van der Waals surface area contributed by atoms with E-state index >= 15 is 0 Å². The Bertz CT molecular complexity index is 1120. The summed E-state index contributed by atoms with van der Waals surface area (Å²) < 4.78 is 6.29. The monoisotopic (exact) mass is 444 g/mol. The minimum atomic E-state index is -0.269. The van der Waals surface area contributed by atoms with Gasteiger partial charge in [0.15, 0.2) is 0 Å². The lowest BCUT2D eigenvalue weighted by Gasteiger charge is -2.49. The van der Waals surface area contributed by atoms with Crippen LogP contribution in [0.4, 0.5) is 0 Å². The van der Waals surface area contributed by atoms with Gasteiger partial charge in [-0.05, 0) is 38.2 Å². The molecule has 3 heterocycles. The number of methoxy groups -OCH3 is 1. The Balaban J connectivity index is 1.73. The van der Waals surface area contributed by atoms with Gasteiger partial charge in [0.05, 0.1) is 37.0 Å². The summed E-state index contributed by atoms with van der Waals surface area (Å²) in [4.78, 5) is 18.4. The van der Waals surface area contributed by atoms with Crippen molar-refractivity contribution in [1.29, 1.82) is 0 Å². The molecule has 0 unspecified atom stereocenters. The van der Waals surface area contributed by atoms with Crippen LogP contribution in [0.25, 0.3) is 22.2 Å². The summed E-state index contributed by atoms with van der Waals surface area (Å²) in [6.45, 7) is 5.31. The number of hydrogen-bond acceptors (Lipinski definition) is 4. The van der Waals surface area contributed by atoms with Gasteiger partial charge in [-0.15, -0.1) is 0 Å². The van der Waals surface area contributed by atoms with E-state index in [1.165, 1.54) is 45.6 Å². The first-order valence-corrected chi connectivity index (χ1v) is 12.4. The molecule has 1 aromatic heterocycles. The molecular weight excluding hydrogens is 410 g/mol. The first kappa shape index (κ1) is 22.1. The molecule has 2 saturated heterocycles. The van der Waals surface area contributed by atoms with Gasteiger partial charge in [0.1, 0.15) is 6.54 Å². The van der Waals surface area contributed by atoms with Crippen LogP contribution in [0.1, 0.15) is 54.4 Å². The highest BCUT2D eigenvalue weighted by Crippen LogP contribution is 2.36. The fourth-order valence-electron chi connectivity index (χ4n) is 5.81. The molecule has 0 spiro atoms. The number of benzene rings is 2. The Morgan fingerprint density at radius 1 is 0.909 bits per heavy atom. The Morgan fingerprint density at radius 3 is 2.30 bits per heavy atom. The molecule has 0 N–H and O–H groups in total. The van der Waals surface area contributed by atoms with E-state index in [1.807, 2.05) is 42.5 Å². The number of rotatable bonds is 5. The number of carbonyl (C=O) groups is 1. The fraction of sp³-hybridized carbons (Fsp3) is 0.429. The van der Waals surface area contributed by atoms with Gasteiger partial charge in [-0.2, -0.15) is 5.01 Å². The van der Waals surface area contributed by atoms with Crippen LogP contribution in [0, 0.1) is 0 Å². The van der Waals surface area contributed by atoms with E-state index in [0.717, 1.165) is 65.0 Å². The summed E-state index contributed by atoms with van der Waals surface area (Å²) in [7, 11) is 1.49. The van der Waals surface area contributed by atoms with Crippen LogP contribution in [-0.4, -0.2) is 53.8 Å². The zero-order chi connectivity index (χ0) is 22.7. The topological polar surface area (TPSA) is 42.4 Å². The average molecular weight is 445 g/mol. The molecule has 0 amide bonds. The van der Waals surface area contributed by atoms with E-state index in [-0.39, 0.29) is 5.97 Å². The summed E-state index contributed by atoms with van der Waals surface area (Å²) in [6, 6.07) is 18.3. The molecule has 5 nitrogen and oxygen atoms in total. The molecule has 5 heteroatoms. The van der Waals surface area contributed by atoms with Crippen molar-refractivity contribution in [3.63, 3.8) is 0 Å². The van der Waals surface area contributed by atoms with E-state index in [9.17, 15) is 4.79 Å². The highest BCUT2D eigenvalue weighted by atomic mass is 16.5. The van der Waals surface area contributed by atoms with Gasteiger partial charge in [0.25, 0.3) is 0 Å². The van der Waals surface area contributed by atoms with Crippen LogP contribution in [-0.2, 0) is 11.3 Å². The normalized spacial score (nSPS) is 18.8. The summed E-state index contributed by atoms with van der Waals surface area (Å²) in [5.41, 5.74) is 4.51. The van der Waals surface area contributed by atoms with Gasteiger partial charge in [0, 0.05) is 29.6 Å². The SMILES string of the molecule is COC(=O)c1c(C[N+]2(N3CCCCC3)CCCCC2)c(-c2ccccc2)nc2ccccc12. The van der Waals surface area contributed by atoms with E-state index < -0.39 is 0 Å². The maximum absolute atomic E-state index is 13.3. The Morgan fingerprint density at radius 2 is 1.58 bits per heavy atom. The fourth-order valence-corrected chi connectivity index (χ4v) is 5.81. The Kier molecular flexibility index (Phi) is 6.43. The van der Waals surface area contributed by atoms with E-state index in [0.29, 0.717) is 5.56 Å². The summed E-state index contributed by atoms with van der Waals surface area (Å²) in [6.07, 6.45) is 7.57. The summed E-state index contributed by atoms with van der Waals surface area (Å²) >= 11 is 0. The van der Waals surface area contributed by atoms with Gasteiger partial charge >= 0.3 is 5.97 Å². The third-order valence-corrected chi connectivity index (χ3v) is 7.46. The van der Waals surface area contributed by atoms with Gasteiger partial charge in [-0.1, -0.05) is 55.0 Å². The number of piperidine rings is 2. The number of fused-ring (bicyclic) bond motifs is 1. The highest BCUT2D eigenvalue weighted by molar-refractivity contribution is 6.06. The van der Waals surface area contributed by atoms with E-state index in [4.69, 9.17) is 9.72 Å². The third-order valence-electron chi connectivity index (χ3n) is 7.46. The molecule has 2 aliphatic rings. The van der Waals surface area contributed by atoms with Crippen molar-refractivity contribution >= 4 is 16.9 Å². The lowest BCUT2D eigenvalue weighted by Crippen LogP contribution is -2.63. The predicted molar refractivity (Wildman–Crippen MR) is 131 cm³/mol. The maximum Gasteiger partial charge on any atom is 0.339 e. The van der Waals surface area contributed by atoms with Crippen molar-refractivity contribution < 1.29 is 14.1 Å². The third kappa shape index (κ3) is 4.28. The predicted octanol–water partition coefficient (Wildman–Crippen LogP) is 5.59. The molecule has 0 bridgehead atoms. The van der Waals surface area contributed by atoms with Gasteiger partial charge in [-0.3, -0.25) is 0 Å². The summed E-state index contributed by atoms with van der Waals surface area (Å²) in [5.74, 6) is -0.269.